The van der Waals surface area contributed by atoms with E-state index in [4.69, 9.17) is 5.11 Å². The van der Waals surface area contributed by atoms with Crippen LogP contribution in [0.3, 0.4) is 0 Å². The molecule has 0 aromatic carbocycles. The summed E-state index contributed by atoms with van der Waals surface area (Å²) in [5.74, 6) is -1.76. The van der Waals surface area contributed by atoms with Gasteiger partial charge >= 0.3 is 5.97 Å². The van der Waals surface area contributed by atoms with Crippen molar-refractivity contribution in [2.45, 2.75) is 25.1 Å². The Morgan fingerprint density at radius 1 is 1.35 bits per heavy atom. The molecule has 0 saturated heterocycles. The SMILES string of the molecule is CC(C)(C(=O)NCc1ccc(C(=O)O)nc1)S(C)(=O)=O. The van der Waals surface area contributed by atoms with Crippen LogP contribution in [0.4, 0.5) is 0 Å². The first-order chi connectivity index (χ1) is 9.05. The maximum atomic E-state index is 11.9. The van der Waals surface area contributed by atoms with Gasteiger partial charge in [-0.05, 0) is 25.5 Å². The summed E-state index contributed by atoms with van der Waals surface area (Å²) in [7, 11) is -3.53. The summed E-state index contributed by atoms with van der Waals surface area (Å²) in [6, 6.07) is 2.82. The largest absolute Gasteiger partial charge is 0.477 e. The Bertz CT molecular complexity index is 620. The number of amides is 1. The molecule has 0 spiro atoms. The summed E-state index contributed by atoms with van der Waals surface area (Å²) in [5, 5.41) is 11.2. The molecule has 0 bridgehead atoms. The van der Waals surface area contributed by atoms with Gasteiger partial charge in [0.15, 0.2) is 9.84 Å². The number of carboxylic acids is 1. The van der Waals surface area contributed by atoms with Crippen LogP contribution < -0.4 is 5.32 Å². The van der Waals surface area contributed by atoms with Crippen LogP contribution in [0.1, 0.15) is 29.9 Å². The Kier molecular flexibility index (Phi) is 4.49. The van der Waals surface area contributed by atoms with Crippen molar-refractivity contribution in [1.82, 2.24) is 10.3 Å². The molecule has 1 aromatic rings. The van der Waals surface area contributed by atoms with Crippen LogP contribution in [0.2, 0.25) is 0 Å². The van der Waals surface area contributed by atoms with Crippen molar-refractivity contribution in [2.24, 2.45) is 0 Å². The smallest absolute Gasteiger partial charge is 0.354 e. The second-order valence-electron chi connectivity index (χ2n) is 4.82. The number of nitrogens with zero attached hydrogens (tertiary/aromatic N) is 1. The molecule has 2 N–H and O–H groups in total. The lowest BCUT2D eigenvalue weighted by Crippen LogP contribution is -2.47. The van der Waals surface area contributed by atoms with Crippen molar-refractivity contribution >= 4 is 21.7 Å². The number of carboxylic acid groups (broad SMARTS) is 1. The third-order valence-corrected chi connectivity index (χ3v) is 5.01. The highest BCUT2D eigenvalue weighted by Gasteiger charge is 2.38. The van der Waals surface area contributed by atoms with Crippen LogP contribution in [0.25, 0.3) is 0 Å². The van der Waals surface area contributed by atoms with E-state index < -0.39 is 26.5 Å². The highest BCUT2D eigenvalue weighted by atomic mass is 32.2. The van der Waals surface area contributed by atoms with Gasteiger partial charge in [-0.3, -0.25) is 4.79 Å². The Morgan fingerprint density at radius 3 is 2.35 bits per heavy atom. The molecular weight excluding hydrogens is 284 g/mol. The Labute approximate surface area is 116 Å². The lowest BCUT2D eigenvalue weighted by molar-refractivity contribution is -0.123. The zero-order valence-corrected chi connectivity index (χ0v) is 12.2. The van der Waals surface area contributed by atoms with Crippen LogP contribution >= 0.6 is 0 Å². The molecule has 0 aliphatic heterocycles. The predicted octanol–water partition coefficient (Wildman–Crippen LogP) is 0.219. The first kappa shape index (κ1) is 16.1. The quantitative estimate of drug-likeness (QED) is 0.804. The van der Waals surface area contributed by atoms with E-state index in [1.54, 1.807) is 0 Å². The van der Waals surface area contributed by atoms with E-state index in [0.29, 0.717) is 5.56 Å². The molecule has 1 aromatic heterocycles. The molecule has 0 atom stereocenters. The maximum absolute atomic E-state index is 11.9. The zero-order chi connectivity index (χ0) is 15.6. The van der Waals surface area contributed by atoms with Crippen LogP contribution in [-0.4, -0.2) is 41.4 Å². The number of pyridine rings is 1. The summed E-state index contributed by atoms with van der Waals surface area (Å²) in [4.78, 5) is 26.2. The Morgan fingerprint density at radius 2 is 1.95 bits per heavy atom. The van der Waals surface area contributed by atoms with Gasteiger partial charge in [-0.15, -0.1) is 0 Å². The van der Waals surface area contributed by atoms with Gasteiger partial charge in [0.1, 0.15) is 10.4 Å². The molecule has 0 fully saturated rings. The topological polar surface area (TPSA) is 113 Å². The maximum Gasteiger partial charge on any atom is 0.354 e. The average molecular weight is 300 g/mol. The number of aromatic carboxylic acids is 1. The van der Waals surface area contributed by atoms with E-state index in [1.165, 1.54) is 32.2 Å². The molecule has 0 radical (unpaired) electrons. The summed E-state index contributed by atoms with van der Waals surface area (Å²) in [5.41, 5.74) is 0.476. The molecule has 0 aliphatic rings. The minimum atomic E-state index is -3.53. The minimum absolute atomic E-state index is 0.0741. The Hall–Kier alpha value is -1.96. The van der Waals surface area contributed by atoms with Crippen molar-refractivity contribution in [3.05, 3.63) is 29.6 Å². The molecule has 20 heavy (non-hydrogen) atoms. The first-order valence-electron chi connectivity index (χ1n) is 5.72. The van der Waals surface area contributed by atoms with E-state index in [9.17, 15) is 18.0 Å². The summed E-state index contributed by atoms with van der Waals surface area (Å²) in [6.45, 7) is 2.72. The number of sulfone groups is 1. The molecular formula is C12H16N2O5S. The number of carbonyl (C=O) groups is 2. The Balaban J connectivity index is 2.73. The highest BCUT2D eigenvalue weighted by molar-refractivity contribution is 7.92. The molecule has 1 heterocycles. The summed E-state index contributed by atoms with van der Waals surface area (Å²) < 4.78 is 21.4. The number of hydrogen-bond acceptors (Lipinski definition) is 5. The molecule has 1 rings (SSSR count). The molecule has 1 amide bonds. The van der Waals surface area contributed by atoms with Gasteiger partial charge in [0.25, 0.3) is 0 Å². The van der Waals surface area contributed by atoms with Gasteiger partial charge in [-0.2, -0.15) is 0 Å². The lowest BCUT2D eigenvalue weighted by atomic mass is 10.2. The minimum Gasteiger partial charge on any atom is -0.477 e. The fourth-order valence-electron chi connectivity index (χ4n) is 1.22. The van der Waals surface area contributed by atoms with Crippen molar-refractivity contribution in [3.8, 4) is 0 Å². The van der Waals surface area contributed by atoms with Crippen LogP contribution in [0, 0.1) is 0 Å². The second kappa shape index (κ2) is 5.58. The molecule has 0 unspecified atom stereocenters. The molecule has 110 valence electrons. The van der Waals surface area contributed by atoms with E-state index in [2.05, 4.69) is 10.3 Å². The summed E-state index contributed by atoms with van der Waals surface area (Å²) >= 11 is 0. The van der Waals surface area contributed by atoms with Crippen molar-refractivity contribution in [1.29, 1.82) is 0 Å². The van der Waals surface area contributed by atoms with E-state index in [-0.39, 0.29) is 12.2 Å². The molecule has 0 saturated carbocycles. The second-order valence-corrected chi connectivity index (χ2v) is 7.39. The molecule has 0 aliphatic carbocycles. The highest BCUT2D eigenvalue weighted by Crippen LogP contribution is 2.15. The number of nitrogens with one attached hydrogen (secondary N) is 1. The van der Waals surface area contributed by atoms with Gasteiger partial charge in [-0.1, -0.05) is 6.07 Å². The molecule has 7 nitrogen and oxygen atoms in total. The average Bonchev–Trinajstić information content (AvgIpc) is 2.34. The monoisotopic (exact) mass is 300 g/mol. The van der Waals surface area contributed by atoms with Gasteiger partial charge in [0.2, 0.25) is 5.91 Å². The number of carbonyl (C=O) groups excluding carboxylic acids is 1. The third-order valence-electron chi connectivity index (χ3n) is 2.97. The zero-order valence-electron chi connectivity index (χ0n) is 11.4. The van der Waals surface area contributed by atoms with Crippen molar-refractivity contribution in [3.63, 3.8) is 0 Å². The number of hydrogen-bond donors (Lipinski definition) is 2. The van der Waals surface area contributed by atoms with Crippen molar-refractivity contribution < 1.29 is 23.1 Å². The van der Waals surface area contributed by atoms with Crippen LogP contribution in [0.5, 0.6) is 0 Å². The number of rotatable bonds is 5. The fraction of sp³-hybridized carbons (Fsp3) is 0.417. The number of aromatic nitrogens is 1. The first-order valence-corrected chi connectivity index (χ1v) is 7.61. The van der Waals surface area contributed by atoms with Gasteiger partial charge in [0.05, 0.1) is 0 Å². The third kappa shape index (κ3) is 3.53. The van der Waals surface area contributed by atoms with Crippen LogP contribution in [0.15, 0.2) is 18.3 Å². The normalized spacial score (nSPS) is 11.9. The predicted molar refractivity (Wildman–Crippen MR) is 72.0 cm³/mol. The van der Waals surface area contributed by atoms with Gasteiger partial charge in [0, 0.05) is 19.0 Å². The van der Waals surface area contributed by atoms with Gasteiger partial charge in [-0.25, -0.2) is 18.2 Å². The van der Waals surface area contributed by atoms with Gasteiger partial charge < -0.3 is 10.4 Å². The van der Waals surface area contributed by atoms with E-state index in [0.717, 1.165) is 6.26 Å². The van der Waals surface area contributed by atoms with Crippen molar-refractivity contribution in [2.75, 3.05) is 6.26 Å². The standard InChI is InChI=1S/C12H16N2O5S/c1-12(2,20(3,18)19)11(17)14-7-8-4-5-9(10(15)16)13-6-8/h4-6H,7H2,1-3H3,(H,14,17)(H,15,16). The van der Waals surface area contributed by atoms with Crippen LogP contribution in [-0.2, 0) is 21.2 Å². The molecule has 8 heteroatoms. The summed E-state index contributed by atoms with van der Waals surface area (Å²) in [6.07, 6.45) is 2.31. The lowest BCUT2D eigenvalue weighted by Gasteiger charge is -2.21. The van der Waals surface area contributed by atoms with E-state index >= 15 is 0 Å². The fourth-order valence-corrected chi connectivity index (χ4v) is 1.63. The van der Waals surface area contributed by atoms with E-state index in [1.807, 2.05) is 0 Å².